The summed E-state index contributed by atoms with van der Waals surface area (Å²) in [6.07, 6.45) is 3.36. The minimum absolute atomic E-state index is 0.119. The number of aromatic amines is 1. The quantitative estimate of drug-likeness (QED) is 0.792. The van der Waals surface area contributed by atoms with Gasteiger partial charge in [0.05, 0.1) is 11.2 Å². The van der Waals surface area contributed by atoms with Crippen molar-refractivity contribution >= 4 is 28.6 Å². The number of thioether (sulfide) groups is 1. The Morgan fingerprint density at radius 3 is 3.00 bits per heavy atom. The van der Waals surface area contributed by atoms with Gasteiger partial charge in [-0.2, -0.15) is 11.8 Å². The van der Waals surface area contributed by atoms with E-state index in [9.17, 15) is 14.3 Å². The Labute approximate surface area is 120 Å². The Hall–Kier alpha value is -1.53. The number of hydrogen-bond donors (Lipinski definition) is 3. The summed E-state index contributed by atoms with van der Waals surface area (Å²) >= 11 is 1.50. The van der Waals surface area contributed by atoms with Crippen LogP contribution < -0.4 is 5.32 Å². The normalized spacial score (nSPS) is 14.2. The van der Waals surface area contributed by atoms with Gasteiger partial charge in [-0.1, -0.05) is 6.07 Å². The number of H-pyrrole nitrogens is 1. The molecule has 2 aromatic rings. The lowest BCUT2D eigenvalue weighted by molar-refractivity contribution is 0.0726. The molecule has 1 atom stereocenters. The van der Waals surface area contributed by atoms with Gasteiger partial charge in [-0.3, -0.25) is 4.79 Å². The van der Waals surface area contributed by atoms with Crippen LogP contribution in [0.3, 0.4) is 0 Å². The molecule has 6 heteroatoms. The topological polar surface area (TPSA) is 65.1 Å². The van der Waals surface area contributed by atoms with Crippen molar-refractivity contribution < 1.29 is 14.3 Å². The average molecular weight is 296 g/mol. The summed E-state index contributed by atoms with van der Waals surface area (Å²) < 4.78 is 13.8. The van der Waals surface area contributed by atoms with Gasteiger partial charge in [-0.15, -0.1) is 0 Å². The number of nitrogens with one attached hydrogen (secondary N) is 2. The number of fused-ring (bicyclic) bond motifs is 1. The van der Waals surface area contributed by atoms with Crippen molar-refractivity contribution in [2.24, 2.45) is 0 Å². The van der Waals surface area contributed by atoms with Crippen LogP contribution in [0.5, 0.6) is 0 Å². The molecule has 20 heavy (non-hydrogen) atoms. The highest BCUT2D eigenvalue weighted by Crippen LogP contribution is 2.21. The van der Waals surface area contributed by atoms with E-state index < -0.39 is 17.3 Å². The molecule has 0 aliphatic carbocycles. The molecule has 0 saturated heterocycles. The lowest BCUT2D eigenvalue weighted by atomic mass is 10.1. The van der Waals surface area contributed by atoms with Crippen LogP contribution in [0, 0.1) is 5.82 Å². The van der Waals surface area contributed by atoms with Gasteiger partial charge in [-0.25, -0.2) is 4.39 Å². The second-order valence-corrected chi connectivity index (χ2v) is 5.84. The molecular formula is C14H17FN2O2S. The fraction of sp³-hybridized carbons (Fsp3) is 0.357. The van der Waals surface area contributed by atoms with Crippen LogP contribution in [0.15, 0.2) is 24.4 Å². The summed E-state index contributed by atoms with van der Waals surface area (Å²) in [5, 5.41) is 12.9. The van der Waals surface area contributed by atoms with Crippen molar-refractivity contribution in [1.82, 2.24) is 10.3 Å². The van der Waals surface area contributed by atoms with Gasteiger partial charge in [0.1, 0.15) is 5.82 Å². The first-order valence-electron chi connectivity index (χ1n) is 6.20. The smallest absolute Gasteiger partial charge is 0.253 e. The van der Waals surface area contributed by atoms with Crippen molar-refractivity contribution in [3.8, 4) is 0 Å². The predicted molar refractivity (Wildman–Crippen MR) is 79.6 cm³/mol. The predicted octanol–water partition coefficient (Wildman–Crippen LogP) is 2.15. The van der Waals surface area contributed by atoms with Crippen LogP contribution in [0.1, 0.15) is 17.3 Å². The third kappa shape index (κ3) is 3.13. The van der Waals surface area contributed by atoms with Crippen LogP contribution in [-0.2, 0) is 0 Å². The number of carbonyl (C=O) groups excluding carboxylic acids is 1. The molecule has 4 nitrogen and oxygen atoms in total. The standard InChI is InChI=1S/C14H17FN2O2S/c1-14(19,8-20-2)7-17-13(18)9-6-16-11-5-3-4-10(15)12(9)11/h3-6,16,19H,7-8H2,1-2H3,(H,17,18). The number of benzene rings is 1. The molecule has 0 aliphatic rings. The number of hydrogen-bond acceptors (Lipinski definition) is 3. The van der Waals surface area contributed by atoms with Crippen molar-refractivity contribution in [1.29, 1.82) is 0 Å². The van der Waals surface area contributed by atoms with Gasteiger partial charge < -0.3 is 15.4 Å². The largest absolute Gasteiger partial charge is 0.387 e. The zero-order valence-corrected chi connectivity index (χ0v) is 12.2. The second kappa shape index (κ2) is 5.85. The first-order valence-corrected chi connectivity index (χ1v) is 7.59. The van der Waals surface area contributed by atoms with E-state index in [1.807, 2.05) is 6.26 Å². The van der Waals surface area contributed by atoms with Gasteiger partial charge in [0.25, 0.3) is 5.91 Å². The lowest BCUT2D eigenvalue weighted by Crippen LogP contribution is -2.42. The van der Waals surface area contributed by atoms with Crippen molar-refractivity contribution in [3.05, 3.63) is 35.8 Å². The molecule has 1 unspecified atom stereocenters. The van der Waals surface area contributed by atoms with E-state index in [-0.39, 0.29) is 17.5 Å². The Balaban J connectivity index is 2.16. The maximum absolute atomic E-state index is 13.8. The molecule has 2 rings (SSSR count). The van der Waals surface area contributed by atoms with Gasteiger partial charge in [0.15, 0.2) is 0 Å². The van der Waals surface area contributed by atoms with E-state index >= 15 is 0 Å². The third-order valence-corrected chi connectivity index (χ3v) is 3.90. The van der Waals surface area contributed by atoms with E-state index in [0.29, 0.717) is 11.3 Å². The Morgan fingerprint density at radius 1 is 1.55 bits per heavy atom. The summed E-state index contributed by atoms with van der Waals surface area (Å²) in [4.78, 5) is 15.0. The monoisotopic (exact) mass is 296 g/mol. The number of carbonyl (C=O) groups is 1. The number of aromatic nitrogens is 1. The van der Waals surface area contributed by atoms with Gasteiger partial charge in [-0.05, 0) is 25.3 Å². The minimum Gasteiger partial charge on any atom is -0.387 e. The number of aliphatic hydroxyl groups is 1. The summed E-state index contributed by atoms with van der Waals surface area (Å²) in [6, 6.07) is 4.61. The van der Waals surface area contributed by atoms with E-state index in [0.717, 1.165) is 0 Å². The molecule has 1 heterocycles. The lowest BCUT2D eigenvalue weighted by Gasteiger charge is -2.22. The summed E-state index contributed by atoms with van der Waals surface area (Å²) in [7, 11) is 0. The first kappa shape index (κ1) is 14.9. The minimum atomic E-state index is -0.986. The van der Waals surface area contributed by atoms with Gasteiger partial charge in [0.2, 0.25) is 0 Å². The molecular weight excluding hydrogens is 279 g/mol. The van der Waals surface area contributed by atoms with E-state index in [4.69, 9.17) is 0 Å². The molecule has 0 spiro atoms. The van der Waals surface area contributed by atoms with Crippen molar-refractivity contribution in [2.45, 2.75) is 12.5 Å². The van der Waals surface area contributed by atoms with Crippen LogP contribution in [0.25, 0.3) is 10.9 Å². The molecule has 1 aromatic carbocycles. The highest BCUT2D eigenvalue weighted by atomic mass is 32.2. The molecule has 0 fully saturated rings. The number of halogens is 1. The van der Waals surface area contributed by atoms with Crippen molar-refractivity contribution in [2.75, 3.05) is 18.6 Å². The third-order valence-electron chi connectivity index (χ3n) is 2.98. The summed E-state index contributed by atoms with van der Waals surface area (Å²) in [6.45, 7) is 1.77. The number of rotatable bonds is 5. The molecule has 1 amide bonds. The molecule has 0 saturated carbocycles. The Kier molecular flexibility index (Phi) is 4.35. The molecule has 1 aromatic heterocycles. The maximum Gasteiger partial charge on any atom is 0.253 e. The van der Waals surface area contributed by atoms with Crippen LogP contribution in [0.2, 0.25) is 0 Å². The fourth-order valence-corrected chi connectivity index (χ4v) is 2.77. The molecule has 0 bridgehead atoms. The van der Waals surface area contributed by atoms with Gasteiger partial charge in [0, 0.05) is 29.4 Å². The Morgan fingerprint density at radius 2 is 2.30 bits per heavy atom. The van der Waals surface area contributed by atoms with E-state index in [1.165, 1.54) is 24.0 Å². The maximum atomic E-state index is 13.8. The first-order chi connectivity index (χ1) is 9.44. The zero-order valence-electron chi connectivity index (χ0n) is 11.4. The Bertz CT molecular complexity index is 625. The van der Waals surface area contributed by atoms with E-state index in [2.05, 4.69) is 10.3 Å². The highest BCUT2D eigenvalue weighted by Gasteiger charge is 2.22. The number of amides is 1. The second-order valence-electron chi connectivity index (χ2n) is 4.98. The SMILES string of the molecule is CSCC(C)(O)CNC(=O)c1c[nH]c2cccc(F)c12. The molecule has 0 aliphatic heterocycles. The zero-order chi connectivity index (χ0) is 14.8. The molecule has 0 radical (unpaired) electrons. The summed E-state index contributed by atoms with van der Waals surface area (Å²) in [5.41, 5.74) is -0.163. The van der Waals surface area contributed by atoms with Gasteiger partial charge >= 0.3 is 0 Å². The highest BCUT2D eigenvalue weighted by molar-refractivity contribution is 7.98. The fourth-order valence-electron chi connectivity index (χ4n) is 2.05. The van der Waals surface area contributed by atoms with Crippen molar-refractivity contribution in [3.63, 3.8) is 0 Å². The van der Waals surface area contributed by atoms with E-state index in [1.54, 1.807) is 19.1 Å². The molecule has 3 N–H and O–H groups in total. The average Bonchev–Trinajstić information content (AvgIpc) is 2.81. The summed E-state index contributed by atoms with van der Waals surface area (Å²) in [5.74, 6) is -0.331. The van der Waals surface area contributed by atoms with Crippen LogP contribution in [-0.4, -0.2) is 40.2 Å². The van der Waals surface area contributed by atoms with Crippen LogP contribution >= 0.6 is 11.8 Å². The van der Waals surface area contributed by atoms with Crippen LogP contribution in [0.4, 0.5) is 4.39 Å². The molecule has 108 valence electrons.